The molecule has 1 aromatic rings. The minimum absolute atomic E-state index is 0.267. The maximum absolute atomic E-state index is 11.1. The summed E-state index contributed by atoms with van der Waals surface area (Å²) in [7, 11) is 0. The lowest BCUT2D eigenvalue weighted by atomic mass is 10.2. The van der Waals surface area contributed by atoms with Crippen LogP contribution in [-0.2, 0) is 11.3 Å². The Balaban J connectivity index is 2.15. The molecule has 18 heavy (non-hydrogen) atoms. The highest BCUT2D eigenvalue weighted by atomic mass is 79.9. The van der Waals surface area contributed by atoms with Gasteiger partial charge in [-0.3, -0.25) is 9.69 Å². The molecule has 2 rings (SSSR count). The number of hydrogen-bond acceptors (Lipinski definition) is 3. The highest BCUT2D eigenvalue weighted by molar-refractivity contribution is 9.10. The first-order valence-corrected chi connectivity index (χ1v) is 6.73. The Bertz CT molecular complexity index is 469. The number of rotatable bonds is 3. The molecule has 0 amide bonds. The molecule has 1 saturated heterocycles. The Morgan fingerprint density at radius 2 is 2.28 bits per heavy atom. The van der Waals surface area contributed by atoms with Gasteiger partial charge in [-0.15, -0.1) is 0 Å². The van der Waals surface area contributed by atoms with Crippen molar-refractivity contribution in [1.82, 2.24) is 4.90 Å². The molecule has 4 nitrogen and oxygen atoms in total. The first-order chi connectivity index (χ1) is 8.47. The predicted octanol–water partition coefficient (Wildman–Crippen LogP) is 2.12. The molecule has 1 aromatic carbocycles. The third kappa shape index (κ3) is 3.03. The molecule has 1 fully saturated rings. The first kappa shape index (κ1) is 13.8. The third-order valence-corrected chi connectivity index (χ3v) is 3.90. The predicted molar refractivity (Wildman–Crippen MR) is 71.6 cm³/mol. The van der Waals surface area contributed by atoms with Crippen molar-refractivity contribution in [3.05, 3.63) is 33.3 Å². The van der Waals surface area contributed by atoms with E-state index in [1.165, 1.54) is 0 Å². The topological polar surface area (TPSA) is 60.8 Å². The van der Waals surface area contributed by atoms with Gasteiger partial charge < -0.3 is 10.2 Å². The van der Waals surface area contributed by atoms with Crippen LogP contribution in [0.5, 0.6) is 0 Å². The Morgan fingerprint density at radius 3 is 2.89 bits per heavy atom. The number of carbonyl (C=O) groups is 1. The zero-order valence-electron chi connectivity index (χ0n) is 9.51. The fourth-order valence-electron chi connectivity index (χ4n) is 2.18. The van der Waals surface area contributed by atoms with E-state index in [1.54, 1.807) is 11.0 Å². The molecular weight excluding hydrogens is 321 g/mol. The van der Waals surface area contributed by atoms with Crippen molar-refractivity contribution in [1.29, 1.82) is 0 Å². The van der Waals surface area contributed by atoms with Crippen LogP contribution < -0.4 is 0 Å². The summed E-state index contributed by atoms with van der Waals surface area (Å²) in [6.45, 7) is 0.795. The molecule has 0 aliphatic carbocycles. The molecule has 1 aliphatic rings. The molecular formula is C12H13BrClNO3. The lowest BCUT2D eigenvalue weighted by Crippen LogP contribution is -2.35. The second-order valence-corrected chi connectivity index (χ2v) is 5.73. The third-order valence-electron chi connectivity index (χ3n) is 3.05. The van der Waals surface area contributed by atoms with Crippen molar-refractivity contribution in [2.45, 2.75) is 25.1 Å². The number of halogens is 2. The lowest BCUT2D eigenvalue weighted by molar-refractivity contribution is -0.142. The molecule has 1 heterocycles. The molecule has 0 saturated carbocycles. The number of benzene rings is 1. The highest BCUT2D eigenvalue weighted by Crippen LogP contribution is 2.26. The van der Waals surface area contributed by atoms with Crippen LogP contribution >= 0.6 is 27.5 Å². The fraction of sp³-hybridized carbons (Fsp3) is 0.417. The van der Waals surface area contributed by atoms with E-state index in [0.717, 1.165) is 10.0 Å². The summed E-state index contributed by atoms with van der Waals surface area (Å²) in [5.41, 5.74) is 0.861. The van der Waals surface area contributed by atoms with Crippen molar-refractivity contribution in [3.63, 3.8) is 0 Å². The molecule has 2 N–H and O–H groups in total. The van der Waals surface area contributed by atoms with E-state index in [4.69, 9.17) is 16.7 Å². The summed E-state index contributed by atoms with van der Waals surface area (Å²) in [6.07, 6.45) is -0.316. The van der Waals surface area contributed by atoms with Crippen LogP contribution in [0.15, 0.2) is 22.7 Å². The number of carboxylic acids is 1. The van der Waals surface area contributed by atoms with E-state index >= 15 is 0 Å². The number of carboxylic acid groups (broad SMARTS) is 1. The van der Waals surface area contributed by atoms with Gasteiger partial charge in [-0.25, -0.2) is 0 Å². The average molecular weight is 335 g/mol. The summed E-state index contributed by atoms with van der Waals surface area (Å²) in [5.74, 6) is -0.903. The Hall–Kier alpha value is -0.620. The van der Waals surface area contributed by atoms with E-state index < -0.39 is 18.1 Å². The summed E-state index contributed by atoms with van der Waals surface area (Å²) in [4.78, 5) is 12.8. The van der Waals surface area contributed by atoms with E-state index in [9.17, 15) is 9.90 Å². The van der Waals surface area contributed by atoms with Gasteiger partial charge in [0, 0.05) is 29.0 Å². The summed E-state index contributed by atoms with van der Waals surface area (Å²) in [6, 6.07) is 4.86. The summed E-state index contributed by atoms with van der Waals surface area (Å²) in [5, 5.41) is 19.3. The van der Waals surface area contributed by atoms with Crippen LogP contribution in [-0.4, -0.2) is 39.8 Å². The van der Waals surface area contributed by atoms with Crippen molar-refractivity contribution < 1.29 is 15.0 Å². The van der Waals surface area contributed by atoms with Crippen molar-refractivity contribution in [2.75, 3.05) is 6.54 Å². The first-order valence-electron chi connectivity index (χ1n) is 5.56. The second-order valence-electron chi connectivity index (χ2n) is 4.41. The number of nitrogens with zero attached hydrogens (tertiary/aromatic N) is 1. The van der Waals surface area contributed by atoms with Crippen LogP contribution in [0.2, 0.25) is 5.02 Å². The standard InChI is InChI=1S/C12H13BrClNO3/c13-8-2-1-7(10(14)3-8)5-15-6-9(16)4-11(15)12(17)18/h1-3,9,11,16H,4-6H2,(H,17,18). The van der Waals surface area contributed by atoms with Crippen molar-refractivity contribution in [2.24, 2.45) is 0 Å². The molecule has 2 atom stereocenters. The molecule has 0 aromatic heterocycles. The maximum Gasteiger partial charge on any atom is 0.321 e. The van der Waals surface area contributed by atoms with Gasteiger partial charge in [0.2, 0.25) is 0 Å². The molecule has 98 valence electrons. The zero-order valence-corrected chi connectivity index (χ0v) is 11.9. The average Bonchev–Trinajstić information content (AvgIpc) is 2.64. The fourth-order valence-corrected chi connectivity index (χ4v) is 2.91. The van der Waals surface area contributed by atoms with E-state index in [1.807, 2.05) is 12.1 Å². The number of aliphatic hydroxyl groups is 1. The van der Waals surface area contributed by atoms with Gasteiger partial charge >= 0.3 is 5.97 Å². The van der Waals surface area contributed by atoms with Crippen molar-refractivity contribution in [3.8, 4) is 0 Å². The van der Waals surface area contributed by atoms with E-state index in [-0.39, 0.29) is 6.42 Å². The smallest absolute Gasteiger partial charge is 0.321 e. The quantitative estimate of drug-likeness (QED) is 0.889. The Labute approximate surface area is 118 Å². The maximum atomic E-state index is 11.1. The van der Waals surface area contributed by atoms with Gasteiger partial charge in [-0.2, -0.15) is 0 Å². The van der Waals surface area contributed by atoms with Crippen LogP contribution in [0.3, 0.4) is 0 Å². The number of likely N-dealkylation sites (tertiary alicyclic amines) is 1. The van der Waals surface area contributed by atoms with Crippen LogP contribution in [0, 0.1) is 0 Å². The van der Waals surface area contributed by atoms with Gasteiger partial charge in [0.1, 0.15) is 6.04 Å². The molecule has 0 spiro atoms. The van der Waals surface area contributed by atoms with Crippen molar-refractivity contribution >= 4 is 33.5 Å². The minimum Gasteiger partial charge on any atom is -0.480 e. The number of hydrogen-bond donors (Lipinski definition) is 2. The molecule has 0 bridgehead atoms. The SMILES string of the molecule is O=C(O)C1CC(O)CN1Cc1ccc(Br)cc1Cl. The van der Waals surface area contributed by atoms with Crippen LogP contribution in [0.4, 0.5) is 0 Å². The zero-order chi connectivity index (χ0) is 13.3. The lowest BCUT2D eigenvalue weighted by Gasteiger charge is -2.21. The Kier molecular flexibility index (Phi) is 4.27. The number of β-amino-alcohol motifs (C(OH)–C–C–N with tert-alkyl or cyclic N) is 1. The monoisotopic (exact) mass is 333 g/mol. The van der Waals surface area contributed by atoms with Gasteiger partial charge in [0.05, 0.1) is 6.10 Å². The van der Waals surface area contributed by atoms with Gasteiger partial charge in [-0.05, 0) is 17.7 Å². The number of aliphatic carboxylic acids is 1. The highest BCUT2D eigenvalue weighted by Gasteiger charge is 2.35. The summed E-state index contributed by atoms with van der Waals surface area (Å²) < 4.78 is 0.882. The molecule has 6 heteroatoms. The number of aliphatic hydroxyl groups excluding tert-OH is 1. The molecule has 2 unspecified atom stereocenters. The van der Waals surface area contributed by atoms with Gasteiger partial charge in [0.15, 0.2) is 0 Å². The van der Waals surface area contributed by atoms with Crippen LogP contribution in [0.1, 0.15) is 12.0 Å². The largest absolute Gasteiger partial charge is 0.480 e. The molecule has 0 radical (unpaired) electrons. The van der Waals surface area contributed by atoms with E-state index in [2.05, 4.69) is 15.9 Å². The van der Waals surface area contributed by atoms with Gasteiger partial charge in [0.25, 0.3) is 0 Å². The summed E-state index contributed by atoms with van der Waals surface area (Å²) >= 11 is 9.43. The minimum atomic E-state index is -0.903. The van der Waals surface area contributed by atoms with E-state index in [0.29, 0.717) is 18.1 Å². The Morgan fingerprint density at radius 1 is 1.56 bits per heavy atom. The van der Waals surface area contributed by atoms with Gasteiger partial charge in [-0.1, -0.05) is 33.6 Å². The normalized spacial score (nSPS) is 24.4. The molecule has 1 aliphatic heterocycles. The second kappa shape index (κ2) is 5.57. The van der Waals surface area contributed by atoms with Crippen LogP contribution in [0.25, 0.3) is 0 Å².